The Morgan fingerprint density at radius 1 is 1.47 bits per heavy atom. The molecule has 0 saturated heterocycles. The molecule has 100 valence electrons. The van der Waals surface area contributed by atoms with Crippen LogP contribution in [0.5, 0.6) is 0 Å². The molecule has 2 rings (SSSR count). The van der Waals surface area contributed by atoms with Gasteiger partial charge in [-0.05, 0) is 18.7 Å². The van der Waals surface area contributed by atoms with Gasteiger partial charge >= 0.3 is 0 Å². The smallest absolute Gasteiger partial charge is 0.272 e. The Morgan fingerprint density at radius 2 is 2.26 bits per heavy atom. The Labute approximate surface area is 109 Å². The molecule has 1 aromatic carbocycles. The van der Waals surface area contributed by atoms with E-state index in [1.807, 2.05) is 6.92 Å². The highest BCUT2D eigenvalue weighted by Gasteiger charge is 2.12. The fraction of sp³-hybridized carbons (Fsp3) is 0.250. The van der Waals surface area contributed by atoms with Crippen LogP contribution in [0.3, 0.4) is 0 Å². The first-order valence-corrected chi connectivity index (χ1v) is 5.81. The number of halogens is 1. The first-order valence-electron chi connectivity index (χ1n) is 5.81. The van der Waals surface area contributed by atoms with Crippen LogP contribution in [0.1, 0.15) is 12.6 Å². The largest absolute Gasteiger partial charge is 0.311 e. The van der Waals surface area contributed by atoms with Gasteiger partial charge in [0.25, 0.3) is 5.69 Å². The molecular formula is C12H13FN4O2. The second kappa shape index (κ2) is 5.57. The number of nitro benzene ring substituents is 1. The molecule has 0 saturated carbocycles. The van der Waals surface area contributed by atoms with Crippen molar-refractivity contribution in [2.45, 2.75) is 13.5 Å². The molecule has 19 heavy (non-hydrogen) atoms. The van der Waals surface area contributed by atoms with Crippen LogP contribution in [0.4, 0.5) is 10.1 Å². The molecule has 1 heterocycles. The van der Waals surface area contributed by atoms with E-state index in [9.17, 15) is 14.5 Å². The van der Waals surface area contributed by atoms with Gasteiger partial charge in [0, 0.05) is 18.8 Å². The molecule has 0 aliphatic heterocycles. The second-order valence-corrected chi connectivity index (χ2v) is 3.92. The summed E-state index contributed by atoms with van der Waals surface area (Å²) in [6.45, 7) is 3.39. The lowest BCUT2D eigenvalue weighted by Gasteiger charge is -2.03. The summed E-state index contributed by atoms with van der Waals surface area (Å²) >= 11 is 0. The Balaban J connectivity index is 2.26. The van der Waals surface area contributed by atoms with Crippen molar-refractivity contribution in [1.29, 1.82) is 0 Å². The van der Waals surface area contributed by atoms with Crippen LogP contribution in [0.2, 0.25) is 0 Å². The molecule has 7 heteroatoms. The highest BCUT2D eigenvalue weighted by Crippen LogP contribution is 2.19. The van der Waals surface area contributed by atoms with Crippen molar-refractivity contribution in [2.75, 3.05) is 6.54 Å². The highest BCUT2D eigenvalue weighted by atomic mass is 19.1. The van der Waals surface area contributed by atoms with E-state index in [2.05, 4.69) is 10.4 Å². The minimum Gasteiger partial charge on any atom is -0.311 e. The standard InChI is InChI=1S/C12H13FN4O2/c1-2-14-8-9-5-6-16(15-9)12-4-3-10(17(18)19)7-11(12)13/h3-7,14H,2,8H2,1H3. The van der Waals surface area contributed by atoms with Crippen molar-refractivity contribution in [2.24, 2.45) is 0 Å². The molecule has 0 aliphatic carbocycles. The number of nitrogens with one attached hydrogen (secondary N) is 1. The predicted molar refractivity (Wildman–Crippen MR) is 67.6 cm³/mol. The van der Waals surface area contributed by atoms with Crippen LogP contribution in [0, 0.1) is 15.9 Å². The molecule has 0 spiro atoms. The van der Waals surface area contributed by atoms with Gasteiger partial charge in [-0.1, -0.05) is 6.92 Å². The highest BCUT2D eigenvalue weighted by molar-refractivity contribution is 5.42. The summed E-state index contributed by atoms with van der Waals surface area (Å²) in [6.07, 6.45) is 1.62. The van der Waals surface area contributed by atoms with E-state index in [1.54, 1.807) is 12.3 Å². The van der Waals surface area contributed by atoms with Gasteiger partial charge in [0.1, 0.15) is 5.69 Å². The van der Waals surface area contributed by atoms with Crippen molar-refractivity contribution in [3.05, 3.63) is 52.1 Å². The van der Waals surface area contributed by atoms with Crippen molar-refractivity contribution >= 4 is 5.69 Å². The molecule has 1 aromatic heterocycles. The number of rotatable bonds is 5. The van der Waals surface area contributed by atoms with Crippen molar-refractivity contribution in [3.63, 3.8) is 0 Å². The zero-order valence-corrected chi connectivity index (χ0v) is 10.3. The number of non-ortho nitro benzene ring substituents is 1. The molecule has 6 nitrogen and oxygen atoms in total. The normalized spacial score (nSPS) is 10.6. The van der Waals surface area contributed by atoms with Crippen LogP contribution in [-0.4, -0.2) is 21.2 Å². The zero-order chi connectivity index (χ0) is 13.8. The Bertz CT molecular complexity index is 597. The molecular weight excluding hydrogens is 251 g/mol. The summed E-state index contributed by atoms with van der Waals surface area (Å²) in [4.78, 5) is 9.90. The number of hydrogen-bond donors (Lipinski definition) is 1. The lowest BCUT2D eigenvalue weighted by molar-refractivity contribution is -0.385. The minimum absolute atomic E-state index is 0.188. The van der Waals surface area contributed by atoms with Gasteiger partial charge in [0.15, 0.2) is 5.82 Å². The monoisotopic (exact) mass is 264 g/mol. The summed E-state index contributed by atoms with van der Waals surface area (Å²) in [5, 5.41) is 17.8. The fourth-order valence-electron chi connectivity index (χ4n) is 1.64. The van der Waals surface area contributed by atoms with E-state index >= 15 is 0 Å². The van der Waals surface area contributed by atoms with Crippen LogP contribution in [-0.2, 0) is 6.54 Å². The SMILES string of the molecule is CCNCc1ccn(-c2ccc([N+](=O)[O-])cc2F)n1. The molecule has 1 N–H and O–H groups in total. The quantitative estimate of drug-likeness (QED) is 0.662. The predicted octanol–water partition coefficient (Wildman–Crippen LogP) is 2.03. The lowest BCUT2D eigenvalue weighted by atomic mass is 10.2. The maximum atomic E-state index is 13.8. The molecule has 2 aromatic rings. The van der Waals surface area contributed by atoms with E-state index < -0.39 is 10.7 Å². The van der Waals surface area contributed by atoms with Gasteiger partial charge in [-0.15, -0.1) is 0 Å². The number of hydrogen-bond acceptors (Lipinski definition) is 4. The van der Waals surface area contributed by atoms with E-state index in [-0.39, 0.29) is 11.4 Å². The summed E-state index contributed by atoms with van der Waals surface area (Å²) < 4.78 is 15.1. The molecule has 0 bridgehead atoms. The first-order chi connectivity index (χ1) is 9.11. The van der Waals surface area contributed by atoms with E-state index in [4.69, 9.17) is 0 Å². The number of benzene rings is 1. The Kier molecular flexibility index (Phi) is 3.86. The first kappa shape index (κ1) is 13.2. The zero-order valence-electron chi connectivity index (χ0n) is 10.3. The third-order valence-electron chi connectivity index (χ3n) is 2.59. The third-order valence-corrected chi connectivity index (χ3v) is 2.59. The van der Waals surface area contributed by atoms with E-state index in [0.29, 0.717) is 6.54 Å². The Morgan fingerprint density at radius 3 is 2.89 bits per heavy atom. The average Bonchev–Trinajstić information content (AvgIpc) is 2.84. The summed E-state index contributed by atoms with van der Waals surface area (Å²) in [7, 11) is 0. The van der Waals surface area contributed by atoms with Gasteiger partial charge < -0.3 is 5.32 Å². The van der Waals surface area contributed by atoms with Gasteiger partial charge in [0.05, 0.1) is 16.7 Å². The van der Waals surface area contributed by atoms with Crippen molar-refractivity contribution < 1.29 is 9.31 Å². The Hall–Kier alpha value is -2.28. The summed E-state index contributed by atoms with van der Waals surface area (Å²) in [5.74, 6) is -0.674. The fourth-order valence-corrected chi connectivity index (χ4v) is 1.64. The average molecular weight is 264 g/mol. The van der Waals surface area contributed by atoms with Gasteiger partial charge in [-0.3, -0.25) is 10.1 Å². The summed E-state index contributed by atoms with van der Waals surface area (Å²) in [5.41, 5.74) is 0.689. The maximum Gasteiger partial charge on any atom is 0.272 e. The van der Waals surface area contributed by atoms with Crippen LogP contribution < -0.4 is 5.32 Å². The molecule has 0 fully saturated rings. The molecule has 0 amide bonds. The van der Waals surface area contributed by atoms with Crippen molar-refractivity contribution in [3.8, 4) is 5.69 Å². The number of aromatic nitrogens is 2. The van der Waals surface area contributed by atoms with Gasteiger partial charge in [-0.25, -0.2) is 9.07 Å². The van der Waals surface area contributed by atoms with Crippen LogP contribution in [0.25, 0.3) is 5.69 Å². The molecule has 0 atom stereocenters. The third kappa shape index (κ3) is 2.94. The second-order valence-electron chi connectivity index (χ2n) is 3.92. The molecule has 0 aliphatic rings. The number of nitrogens with zero attached hydrogens (tertiary/aromatic N) is 3. The van der Waals surface area contributed by atoms with Crippen LogP contribution in [0.15, 0.2) is 30.5 Å². The lowest BCUT2D eigenvalue weighted by Crippen LogP contribution is -2.12. The topological polar surface area (TPSA) is 73.0 Å². The molecule has 0 radical (unpaired) electrons. The molecule has 0 unspecified atom stereocenters. The van der Waals surface area contributed by atoms with Crippen LogP contribution >= 0.6 is 0 Å². The minimum atomic E-state index is -0.674. The van der Waals surface area contributed by atoms with Gasteiger partial charge in [0.2, 0.25) is 0 Å². The summed E-state index contributed by atoms with van der Waals surface area (Å²) in [6, 6.07) is 5.26. The maximum absolute atomic E-state index is 13.8. The number of nitro groups is 1. The van der Waals surface area contributed by atoms with Gasteiger partial charge in [-0.2, -0.15) is 5.10 Å². The van der Waals surface area contributed by atoms with Crippen molar-refractivity contribution in [1.82, 2.24) is 15.1 Å². The van der Waals surface area contributed by atoms with E-state index in [1.165, 1.54) is 16.8 Å². The van der Waals surface area contributed by atoms with E-state index in [0.717, 1.165) is 18.3 Å².